The number of rotatable bonds is 6. The van der Waals surface area contributed by atoms with Crippen molar-refractivity contribution < 1.29 is 9.47 Å². The van der Waals surface area contributed by atoms with Gasteiger partial charge in [0, 0.05) is 9.89 Å². The standard InChI is InChI=1S/C18H21BrO2/c1-18(2,15-7-9-17(20-3)10-8-15)13-21-12-14-5-4-6-16(19)11-14/h4-11H,12-13H2,1-3H3. The Balaban J connectivity index is 1.94. The van der Waals surface area contributed by atoms with Gasteiger partial charge in [0.1, 0.15) is 5.75 Å². The molecule has 3 heteroatoms. The van der Waals surface area contributed by atoms with Gasteiger partial charge in [-0.3, -0.25) is 0 Å². The van der Waals surface area contributed by atoms with Crippen molar-refractivity contribution >= 4 is 15.9 Å². The van der Waals surface area contributed by atoms with Gasteiger partial charge in [0.15, 0.2) is 0 Å². The average molecular weight is 349 g/mol. The van der Waals surface area contributed by atoms with Crippen molar-refractivity contribution in [2.75, 3.05) is 13.7 Å². The molecule has 0 aliphatic carbocycles. The number of benzene rings is 2. The third kappa shape index (κ3) is 4.58. The Labute approximate surface area is 135 Å². The van der Waals surface area contributed by atoms with Gasteiger partial charge < -0.3 is 9.47 Å². The highest BCUT2D eigenvalue weighted by Crippen LogP contribution is 2.26. The monoisotopic (exact) mass is 348 g/mol. The van der Waals surface area contributed by atoms with Gasteiger partial charge in [-0.15, -0.1) is 0 Å². The molecule has 0 atom stereocenters. The lowest BCUT2D eigenvalue weighted by molar-refractivity contribution is 0.0824. The summed E-state index contributed by atoms with van der Waals surface area (Å²) in [6.45, 7) is 5.68. The maximum absolute atomic E-state index is 5.90. The van der Waals surface area contributed by atoms with E-state index < -0.39 is 0 Å². The highest BCUT2D eigenvalue weighted by Gasteiger charge is 2.20. The van der Waals surface area contributed by atoms with E-state index in [9.17, 15) is 0 Å². The van der Waals surface area contributed by atoms with Crippen LogP contribution in [0.2, 0.25) is 0 Å². The molecular weight excluding hydrogens is 328 g/mol. The van der Waals surface area contributed by atoms with Gasteiger partial charge in [-0.1, -0.05) is 54.0 Å². The summed E-state index contributed by atoms with van der Waals surface area (Å²) in [6.07, 6.45) is 0. The SMILES string of the molecule is COc1ccc(C(C)(C)COCc2cccc(Br)c2)cc1. The van der Waals surface area contributed by atoms with Crippen molar-refractivity contribution in [3.8, 4) is 5.75 Å². The number of halogens is 1. The van der Waals surface area contributed by atoms with Crippen molar-refractivity contribution in [2.24, 2.45) is 0 Å². The van der Waals surface area contributed by atoms with Crippen LogP contribution in [0.25, 0.3) is 0 Å². The summed E-state index contributed by atoms with van der Waals surface area (Å²) in [4.78, 5) is 0. The summed E-state index contributed by atoms with van der Waals surface area (Å²) in [6, 6.07) is 16.4. The molecule has 0 aliphatic heterocycles. The van der Waals surface area contributed by atoms with Gasteiger partial charge in [-0.2, -0.15) is 0 Å². The number of hydrogen-bond donors (Lipinski definition) is 0. The Bertz CT molecular complexity index is 576. The van der Waals surface area contributed by atoms with E-state index in [1.807, 2.05) is 24.3 Å². The average Bonchev–Trinajstić information content (AvgIpc) is 2.47. The van der Waals surface area contributed by atoms with Crippen LogP contribution in [-0.4, -0.2) is 13.7 Å². The Morgan fingerprint density at radius 2 is 1.76 bits per heavy atom. The predicted molar refractivity (Wildman–Crippen MR) is 89.8 cm³/mol. The van der Waals surface area contributed by atoms with Gasteiger partial charge in [-0.25, -0.2) is 0 Å². The van der Waals surface area contributed by atoms with Crippen LogP contribution in [0.3, 0.4) is 0 Å². The second-order valence-electron chi connectivity index (χ2n) is 5.74. The fourth-order valence-corrected chi connectivity index (χ4v) is 2.62. The van der Waals surface area contributed by atoms with E-state index in [2.05, 4.69) is 54.0 Å². The highest BCUT2D eigenvalue weighted by atomic mass is 79.9. The molecule has 0 saturated carbocycles. The molecule has 21 heavy (non-hydrogen) atoms. The maximum atomic E-state index is 5.90. The summed E-state index contributed by atoms with van der Waals surface area (Å²) in [5, 5.41) is 0. The number of methoxy groups -OCH3 is 1. The van der Waals surface area contributed by atoms with Crippen molar-refractivity contribution in [3.63, 3.8) is 0 Å². The molecule has 2 aromatic carbocycles. The Morgan fingerprint density at radius 1 is 1.05 bits per heavy atom. The lowest BCUT2D eigenvalue weighted by atomic mass is 9.85. The summed E-state index contributed by atoms with van der Waals surface area (Å²) >= 11 is 3.48. The largest absolute Gasteiger partial charge is 0.497 e. The van der Waals surface area contributed by atoms with E-state index in [4.69, 9.17) is 9.47 Å². The smallest absolute Gasteiger partial charge is 0.118 e. The first-order chi connectivity index (χ1) is 10.0. The zero-order valence-electron chi connectivity index (χ0n) is 12.7. The molecule has 0 heterocycles. The van der Waals surface area contributed by atoms with E-state index in [0.717, 1.165) is 10.2 Å². The van der Waals surface area contributed by atoms with Crippen molar-refractivity contribution in [2.45, 2.75) is 25.9 Å². The third-order valence-corrected chi connectivity index (χ3v) is 3.99. The fourth-order valence-electron chi connectivity index (χ4n) is 2.18. The Hall–Kier alpha value is -1.32. The van der Waals surface area contributed by atoms with Gasteiger partial charge in [-0.05, 0) is 35.4 Å². The minimum absolute atomic E-state index is 0.0295. The van der Waals surface area contributed by atoms with Crippen LogP contribution >= 0.6 is 15.9 Å². The molecule has 0 radical (unpaired) electrons. The van der Waals surface area contributed by atoms with E-state index in [1.54, 1.807) is 7.11 Å². The molecule has 0 unspecified atom stereocenters. The molecule has 0 N–H and O–H groups in total. The molecule has 0 fully saturated rings. The highest BCUT2D eigenvalue weighted by molar-refractivity contribution is 9.10. The van der Waals surface area contributed by atoms with E-state index in [1.165, 1.54) is 11.1 Å². The predicted octanol–water partition coefficient (Wildman–Crippen LogP) is 4.95. The van der Waals surface area contributed by atoms with Crippen molar-refractivity contribution in [3.05, 3.63) is 64.1 Å². The summed E-state index contributed by atoms with van der Waals surface area (Å²) in [5.41, 5.74) is 2.39. The second kappa shape index (κ2) is 7.10. The Kier molecular flexibility index (Phi) is 5.43. The van der Waals surface area contributed by atoms with Crippen LogP contribution in [-0.2, 0) is 16.8 Å². The molecule has 0 aromatic heterocycles. The normalized spacial score (nSPS) is 11.4. The quantitative estimate of drug-likeness (QED) is 0.734. The zero-order chi connectivity index (χ0) is 15.3. The third-order valence-electron chi connectivity index (χ3n) is 3.49. The molecule has 0 bridgehead atoms. The summed E-state index contributed by atoms with van der Waals surface area (Å²) in [5.74, 6) is 0.879. The zero-order valence-corrected chi connectivity index (χ0v) is 14.3. The van der Waals surface area contributed by atoms with Gasteiger partial charge in [0.2, 0.25) is 0 Å². The van der Waals surface area contributed by atoms with Crippen LogP contribution in [0.1, 0.15) is 25.0 Å². The summed E-state index contributed by atoms with van der Waals surface area (Å²) in [7, 11) is 1.68. The van der Waals surface area contributed by atoms with E-state index >= 15 is 0 Å². The minimum Gasteiger partial charge on any atom is -0.497 e. The first-order valence-corrected chi connectivity index (χ1v) is 7.77. The lowest BCUT2D eigenvalue weighted by Crippen LogP contribution is -2.24. The number of ether oxygens (including phenoxy) is 2. The molecular formula is C18H21BrO2. The topological polar surface area (TPSA) is 18.5 Å². The molecule has 2 aromatic rings. The van der Waals surface area contributed by atoms with Crippen LogP contribution in [0.5, 0.6) is 5.75 Å². The van der Waals surface area contributed by atoms with E-state index in [0.29, 0.717) is 13.2 Å². The summed E-state index contributed by atoms with van der Waals surface area (Å²) < 4.78 is 12.2. The first-order valence-electron chi connectivity index (χ1n) is 6.98. The second-order valence-corrected chi connectivity index (χ2v) is 6.65. The van der Waals surface area contributed by atoms with Gasteiger partial charge >= 0.3 is 0 Å². The van der Waals surface area contributed by atoms with Crippen LogP contribution in [0.4, 0.5) is 0 Å². The molecule has 0 saturated heterocycles. The molecule has 112 valence electrons. The van der Waals surface area contributed by atoms with Crippen LogP contribution < -0.4 is 4.74 Å². The first kappa shape index (κ1) is 16.1. The number of hydrogen-bond acceptors (Lipinski definition) is 2. The van der Waals surface area contributed by atoms with Crippen LogP contribution in [0, 0.1) is 0 Å². The molecule has 0 amide bonds. The van der Waals surface area contributed by atoms with Crippen molar-refractivity contribution in [1.29, 1.82) is 0 Å². The van der Waals surface area contributed by atoms with Gasteiger partial charge in [0.25, 0.3) is 0 Å². The lowest BCUT2D eigenvalue weighted by Gasteiger charge is -2.25. The van der Waals surface area contributed by atoms with Crippen molar-refractivity contribution in [1.82, 2.24) is 0 Å². The van der Waals surface area contributed by atoms with E-state index in [-0.39, 0.29) is 5.41 Å². The fraction of sp³-hybridized carbons (Fsp3) is 0.333. The Morgan fingerprint density at radius 3 is 2.38 bits per heavy atom. The molecule has 2 nitrogen and oxygen atoms in total. The minimum atomic E-state index is -0.0295. The molecule has 2 rings (SSSR count). The van der Waals surface area contributed by atoms with Crippen LogP contribution in [0.15, 0.2) is 53.0 Å². The molecule has 0 spiro atoms. The van der Waals surface area contributed by atoms with Gasteiger partial charge in [0.05, 0.1) is 20.3 Å². The maximum Gasteiger partial charge on any atom is 0.118 e. The molecule has 0 aliphatic rings.